The zero-order valence-electron chi connectivity index (χ0n) is 11.0. The van der Waals surface area contributed by atoms with Crippen LogP contribution in [0.5, 0.6) is 5.75 Å². The van der Waals surface area contributed by atoms with E-state index in [0.29, 0.717) is 12.2 Å². The minimum Gasteiger partial charge on any atom is -0.406 e. The number of carbonyl (C=O) groups is 1. The van der Waals surface area contributed by atoms with Gasteiger partial charge in [0.2, 0.25) is 0 Å². The fourth-order valence-electron chi connectivity index (χ4n) is 1.08. The van der Waals surface area contributed by atoms with Gasteiger partial charge in [0.05, 0.1) is 0 Å². The second-order valence-electron chi connectivity index (χ2n) is 3.06. The second-order valence-corrected chi connectivity index (χ2v) is 3.06. The van der Waals surface area contributed by atoms with Crippen molar-refractivity contribution < 1.29 is 22.7 Å². The molecule has 0 fully saturated rings. The first-order valence-corrected chi connectivity index (χ1v) is 5.81. The molecule has 0 aliphatic heterocycles. The molecule has 0 aliphatic rings. The second kappa shape index (κ2) is 8.23. The van der Waals surface area contributed by atoms with Crippen molar-refractivity contribution in [2.24, 2.45) is 0 Å². The van der Waals surface area contributed by atoms with E-state index in [1.807, 2.05) is 13.8 Å². The number of nitrogens with one attached hydrogen (secondary N) is 2. The maximum Gasteiger partial charge on any atom is 0.573 e. The number of hydrogen-bond donors (Lipinski definition) is 2. The number of benzene rings is 1. The Balaban J connectivity index is 0.00000154. The molecule has 108 valence electrons. The third kappa shape index (κ3) is 7.91. The van der Waals surface area contributed by atoms with Crippen LogP contribution in [0.2, 0.25) is 0 Å². The van der Waals surface area contributed by atoms with Crippen molar-refractivity contribution in [1.82, 2.24) is 5.32 Å². The smallest absolute Gasteiger partial charge is 0.406 e. The Kier molecular flexibility index (Phi) is 7.40. The summed E-state index contributed by atoms with van der Waals surface area (Å²) >= 11 is 0. The Labute approximate surface area is 109 Å². The van der Waals surface area contributed by atoms with E-state index < -0.39 is 12.4 Å². The lowest BCUT2D eigenvalue weighted by molar-refractivity contribution is -0.274. The number of hydrogen-bond acceptors (Lipinski definition) is 2. The standard InChI is InChI=1S/C10H11F3N2O2.C2H6/c1-2-14-9(16)15-7-3-5-8(6-4-7)17-10(11,12)13;1-2/h3-6H,2H2,1H3,(H2,14,15,16);1-2H3. The summed E-state index contributed by atoms with van der Waals surface area (Å²) in [5, 5.41) is 4.93. The van der Waals surface area contributed by atoms with Gasteiger partial charge in [-0.3, -0.25) is 0 Å². The van der Waals surface area contributed by atoms with Gasteiger partial charge in [0.25, 0.3) is 0 Å². The van der Waals surface area contributed by atoms with Crippen molar-refractivity contribution in [2.75, 3.05) is 11.9 Å². The molecule has 19 heavy (non-hydrogen) atoms. The predicted octanol–water partition coefficient (Wildman–Crippen LogP) is 3.75. The SMILES string of the molecule is CC.CCNC(=O)Nc1ccc(OC(F)(F)F)cc1. The summed E-state index contributed by atoms with van der Waals surface area (Å²) in [5.41, 5.74) is 0.380. The van der Waals surface area contributed by atoms with Crippen LogP contribution < -0.4 is 15.4 Å². The molecule has 0 bridgehead atoms. The topological polar surface area (TPSA) is 50.4 Å². The molecule has 2 amide bonds. The van der Waals surface area contributed by atoms with Crippen LogP contribution in [0, 0.1) is 0 Å². The summed E-state index contributed by atoms with van der Waals surface area (Å²) in [6.07, 6.45) is -4.71. The number of ether oxygens (including phenoxy) is 1. The number of anilines is 1. The van der Waals surface area contributed by atoms with Gasteiger partial charge in [-0.25, -0.2) is 4.79 Å². The van der Waals surface area contributed by atoms with E-state index in [1.165, 1.54) is 12.1 Å². The Hall–Kier alpha value is -1.92. The van der Waals surface area contributed by atoms with Gasteiger partial charge in [0, 0.05) is 12.2 Å². The van der Waals surface area contributed by atoms with Gasteiger partial charge in [-0.1, -0.05) is 13.8 Å². The van der Waals surface area contributed by atoms with Crippen LogP contribution in [0.25, 0.3) is 0 Å². The van der Waals surface area contributed by atoms with E-state index in [2.05, 4.69) is 15.4 Å². The Morgan fingerprint density at radius 1 is 1.21 bits per heavy atom. The van der Waals surface area contributed by atoms with Crippen molar-refractivity contribution in [3.8, 4) is 5.75 Å². The van der Waals surface area contributed by atoms with Crippen LogP contribution in [0.3, 0.4) is 0 Å². The van der Waals surface area contributed by atoms with Crippen molar-refractivity contribution in [3.05, 3.63) is 24.3 Å². The number of alkyl halides is 3. The average molecular weight is 278 g/mol. The summed E-state index contributed by atoms with van der Waals surface area (Å²) in [6.45, 7) is 6.21. The first-order chi connectivity index (χ1) is 8.90. The molecule has 1 aromatic carbocycles. The zero-order chi connectivity index (χ0) is 14.9. The lowest BCUT2D eigenvalue weighted by Gasteiger charge is -2.10. The number of rotatable bonds is 3. The van der Waals surface area contributed by atoms with Gasteiger partial charge >= 0.3 is 12.4 Å². The molecule has 2 N–H and O–H groups in total. The fourth-order valence-corrected chi connectivity index (χ4v) is 1.08. The van der Waals surface area contributed by atoms with Crippen LogP contribution in [-0.2, 0) is 0 Å². The average Bonchev–Trinajstić information content (AvgIpc) is 2.33. The normalized spacial score (nSPS) is 10.0. The molecule has 0 heterocycles. The lowest BCUT2D eigenvalue weighted by Crippen LogP contribution is -2.28. The molecule has 1 rings (SSSR count). The van der Waals surface area contributed by atoms with Crippen LogP contribution >= 0.6 is 0 Å². The quantitative estimate of drug-likeness (QED) is 0.884. The molecular formula is C12H17F3N2O2. The molecule has 1 aromatic rings. The molecule has 4 nitrogen and oxygen atoms in total. The summed E-state index contributed by atoms with van der Waals surface area (Å²) in [6, 6.07) is 4.45. The Morgan fingerprint density at radius 2 is 1.74 bits per heavy atom. The van der Waals surface area contributed by atoms with E-state index in [1.54, 1.807) is 6.92 Å². The highest BCUT2D eigenvalue weighted by atomic mass is 19.4. The maximum atomic E-state index is 11.9. The highest BCUT2D eigenvalue weighted by molar-refractivity contribution is 5.89. The number of carbonyl (C=O) groups excluding carboxylic acids is 1. The Bertz CT molecular complexity index is 378. The molecule has 0 radical (unpaired) electrons. The van der Waals surface area contributed by atoms with Crippen molar-refractivity contribution in [2.45, 2.75) is 27.1 Å². The van der Waals surface area contributed by atoms with Crippen molar-refractivity contribution in [3.63, 3.8) is 0 Å². The van der Waals surface area contributed by atoms with Crippen LogP contribution in [0.1, 0.15) is 20.8 Å². The fraction of sp³-hybridized carbons (Fsp3) is 0.417. The van der Waals surface area contributed by atoms with Crippen molar-refractivity contribution in [1.29, 1.82) is 0 Å². The van der Waals surface area contributed by atoms with E-state index in [0.717, 1.165) is 12.1 Å². The van der Waals surface area contributed by atoms with E-state index >= 15 is 0 Å². The van der Waals surface area contributed by atoms with E-state index in [-0.39, 0.29) is 5.75 Å². The van der Waals surface area contributed by atoms with Crippen LogP contribution in [0.15, 0.2) is 24.3 Å². The number of halogens is 3. The molecule has 0 saturated heterocycles. The Morgan fingerprint density at radius 3 is 2.16 bits per heavy atom. The summed E-state index contributed by atoms with van der Waals surface area (Å²) in [7, 11) is 0. The molecular weight excluding hydrogens is 261 g/mol. The zero-order valence-corrected chi connectivity index (χ0v) is 11.0. The van der Waals surface area contributed by atoms with Crippen molar-refractivity contribution >= 4 is 11.7 Å². The number of urea groups is 1. The first-order valence-electron chi connectivity index (χ1n) is 5.81. The summed E-state index contributed by atoms with van der Waals surface area (Å²) in [4.78, 5) is 11.1. The van der Waals surface area contributed by atoms with Crippen LogP contribution in [-0.4, -0.2) is 18.9 Å². The molecule has 0 spiro atoms. The van der Waals surface area contributed by atoms with Gasteiger partial charge in [-0.15, -0.1) is 13.2 Å². The molecule has 0 aliphatic carbocycles. The van der Waals surface area contributed by atoms with Gasteiger partial charge < -0.3 is 15.4 Å². The van der Waals surface area contributed by atoms with Gasteiger partial charge in [0.1, 0.15) is 5.75 Å². The largest absolute Gasteiger partial charge is 0.573 e. The lowest BCUT2D eigenvalue weighted by atomic mass is 10.3. The molecule has 0 atom stereocenters. The molecule has 0 saturated carbocycles. The molecule has 7 heteroatoms. The monoisotopic (exact) mass is 278 g/mol. The maximum absolute atomic E-state index is 11.9. The molecule has 0 aromatic heterocycles. The van der Waals surface area contributed by atoms with E-state index in [4.69, 9.17) is 0 Å². The highest BCUT2D eigenvalue weighted by Crippen LogP contribution is 2.23. The minimum atomic E-state index is -4.71. The van der Waals surface area contributed by atoms with E-state index in [9.17, 15) is 18.0 Å². The minimum absolute atomic E-state index is 0.334. The van der Waals surface area contributed by atoms with Gasteiger partial charge in [-0.05, 0) is 31.2 Å². The van der Waals surface area contributed by atoms with Gasteiger partial charge in [0.15, 0.2) is 0 Å². The van der Waals surface area contributed by atoms with Crippen LogP contribution in [0.4, 0.5) is 23.7 Å². The number of amides is 2. The highest BCUT2D eigenvalue weighted by Gasteiger charge is 2.30. The first kappa shape index (κ1) is 17.1. The third-order valence-electron chi connectivity index (χ3n) is 1.68. The van der Waals surface area contributed by atoms with Gasteiger partial charge in [-0.2, -0.15) is 0 Å². The third-order valence-corrected chi connectivity index (χ3v) is 1.68. The molecule has 0 unspecified atom stereocenters. The summed E-state index contributed by atoms with van der Waals surface area (Å²) in [5.74, 6) is -0.334. The summed E-state index contributed by atoms with van der Waals surface area (Å²) < 4.78 is 39.2. The predicted molar refractivity (Wildman–Crippen MR) is 67.2 cm³/mol.